The van der Waals surface area contributed by atoms with Gasteiger partial charge in [-0.1, -0.05) is 0 Å². The van der Waals surface area contributed by atoms with E-state index in [9.17, 15) is 5.11 Å². The van der Waals surface area contributed by atoms with E-state index in [0.29, 0.717) is 5.92 Å². The predicted octanol–water partition coefficient (Wildman–Crippen LogP) is -0.271. The molecule has 11 heavy (non-hydrogen) atoms. The van der Waals surface area contributed by atoms with E-state index in [1.807, 2.05) is 0 Å². The first-order valence-electron chi connectivity index (χ1n) is 4.34. The maximum absolute atomic E-state index is 9.47. The topological polar surface area (TPSA) is 52.5 Å². The minimum atomic E-state index is -0.150. The van der Waals surface area contributed by atoms with Gasteiger partial charge in [-0.05, 0) is 31.7 Å². The van der Waals surface area contributed by atoms with Gasteiger partial charge in [0.15, 0.2) is 0 Å². The molecule has 3 nitrogen and oxygen atoms in total. The number of aliphatic hydroxyl groups excluding tert-OH is 2. The molecule has 0 saturated carbocycles. The summed E-state index contributed by atoms with van der Waals surface area (Å²) < 4.78 is 0. The van der Waals surface area contributed by atoms with Crippen molar-refractivity contribution in [2.75, 3.05) is 19.7 Å². The number of rotatable bonds is 3. The molecule has 1 saturated heterocycles. The van der Waals surface area contributed by atoms with Gasteiger partial charge in [-0.3, -0.25) is 0 Å². The molecule has 2 unspecified atom stereocenters. The van der Waals surface area contributed by atoms with E-state index in [0.717, 1.165) is 32.4 Å². The molecule has 0 aromatic carbocycles. The third kappa shape index (κ3) is 2.77. The zero-order valence-electron chi connectivity index (χ0n) is 6.79. The van der Waals surface area contributed by atoms with Crippen LogP contribution in [0.4, 0.5) is 0 Å². The van der Waals surface area contributed by atoms with Crippen molar-refractivity contribution in [3.05, 3.63) is 0 Å². The molecule has 1 rings (SSSR count). The predicted molar refractivity (Wildman–Crippen MR) is 43.3 cm³/mol. The van der Waals surface area contributed by atoms with Gasteiger partial charge >= 0.3 is 0 Å². The lowest BCUT2D eigenvalue weighted by Gasteiger charge is -2.28. The second-order valence-corrected chi connectivity index (χ2v) is 3.19. The molecule has 0 amide bonds. The molecular formula is C8H17NO2. The lowest BCUT2D eigenvalue weighted by Crippen LogP contribution is -2.39. The maximum Gasteiger partial charge on any atom is 0.0592 e. The van der Waals surface area contributed by atoms with Gasteiger partial charge in [-0.2, -0.15) is 0 Å². The third-order valence-corrected chi connectivity index (χ3v) is 2.30. The minimum absolute atomic E-state index is 0.150. The Labute approximate surface area is 67.4 Å². The van der Waals surface area contributed by atoms with Crippen molar-refractivity contribution in [1.82, 2.24) is 5.32 Å². The summed E-state index contributed by atoms with van der Waals surface area (Å²) in [6.07, 6.45) is 2.45. The first-order chi connectivity index (χ1) is 5.34. The molecular weight excluding hydrogens is 142 g/mol. The Morgan fingerprint density at radius 3 is 2.91 bits per heavy atom. The normalized spacial score (nSPS) is 32.2. The number of hydrogen-bond donors (Lipinski definition) is 3. The fourth-order valence-corrected chi connectivity index (χ4v) is 1.56. The number of aliphatic hydroxyl groups is 2. The van der Waals surface area contributed by atoms with Crippen molar-refractivity contribution in [3.63, 3.8) is 0 Å². The van der Waals surface area contributed by atoms with Crippen molar-refractivity contribution in [1.29, 1.82) is 0 Å². The molecule has 2 atom stereocenters. The highest BCUT2D eigenvalue weighted by molar-refractivity contribution is 4.76. The van der Waals surface area contributed by atoms with Gasteiger partial charge in [0.05, 0.1) is 6.10 Å². The lowest BCUT2D eigenvalue weighted by molar-refractivity contribution is 0.0705. The van der Waals surface area contributed by atoms with Gasteiger partial charge < -0.3 is 15.5 Å². The van der Waals surface area contributed by atoms with Crippen molar-refractivity contribution in [2.45, 2.75) is 25.4 Å². The SMILES string of the molecule is OCCCC1CNCCC1O. The molecule has 3 heteroatoms. The van der Waals surface area contributed by atoms with E-state index < -0.39 is 0 Å². The van der Waals surface area contributed by atoms with Gasteiger partial charge in [-0.25, -0.2) is 0 Å². The quantitative estimate of drug-likeness (QED) is 0.531. The third-order valence-electron chi connectivity index (χ3n) is 2.30. The molecule has 0 aromatic heterocycles. The Bertz CT molecular complexity index is 108. The summed E-state index contributed by atoms with van der Waals surface area (Å²) in [7, 11) is 0. The molecule has 1 heterocycles. The maximum atomic E-state index is 9.47. The van der Waals surface area contributed by atoms with Crippen LogP contribution in [-0.4, -0.2) is 36.0 Å². The minimum Gasteiger partial charge on any atom is -0.396 e. The Morgan fingerprint density at radius 2 is 2.27 bits per heavy atom. The molecule has 0 spiro atoms. The van der Waals surface area contributed by atoms with Crippen LogP contribution in [0, 0.1) is 5.92 Å². The zero-order valence-corrected chi connectivity index (χ0v) is 6.79. The van der Waals surface area contributed by atoms with E-state index in [1.54, 1.807) is 0 Å². The fourth-order valence-electron chi connectivity index (χ4n) is 1.56. The van der Waals surface area contributed by atoms with E-state index >= 15 is 0 Å². The molecule has 0 aromatic rings. The average Bonchev–Trinajstić information content (AvgIpc) is 2.03. The van der Waals surface area contributed by atoms with Crippen molar-refractivity contribution < 1.29 is 10.2 Å². The van der Waals surface area contributed by atoms with E-state index in [2.05, 4.69) is 5.32 Å². The van der Waals surface area contributed by atoms with Crippen LogP contribution >= 0.6 is 0 Å². The summed E-state index contributed by atoms with van der Waals surface area (Å²) in [5.74, 6) is 0.357. The standard InChI is InChI=1S/C8H17NO2/c10-5-1-2-7-6-9-4-3-8(7)11/h7-11H,1-6H2. The smallest absolute Gasteiger partial charge is 0.0592 e. The van der Waals surface area contributed by atoms with Crippen LogP contribution in [0.2, 0.25) is 0 Å². The summed E-state index contributed by atoms with van der Waals surface area (Å²) in [4.78, 5) is 0. The summed E-state index contributed by atoms with van der Waals surface area (Å²) in [5.41, 5.74) is 0. The first kappa shape index (κ1) is 8.97. The largest absolute Gasteiger partial charge is 0.396 e. The summed E-state index contributed by atoms with van der Waals surface area (Å²) in [6, 6.07) is 0. The molecule has 1 fully saturated rings. The van der Waals surface area contributed by atoms with Crippen LogP contribution < -0.4 is 5.32 Å². The van der Waals surface area contributed by atoms with E-state index in [4.69, 9.17) is 5.11 Å². The van der Waals surface area contributed by atoms with Gasteiger partial charge in [0.2, 0.25) is 0 Å². The van der Waals surface area contributed by atoms with Crippen LogP contribution in [-0.2, 0) is 0 Å². The average molecular weight is 159 g/mol. The molecule has 3 N–H and O–H groups in total. The van der Waals surface area contributed by atoms with Crippen molar-refractivity contribution in [3.8, 4) is 0 Å². The fraction of sp³-hybridized carbons (Fsp3) is 1.00. The highest BCUT2D eigenvalue weighted by Crippen LogP contribution is 2.16. The zero-order chi connectivity index (χ0) is 8.10. The second-order valence-electron chi connectivity index (χ2n) is 3.19. The number of nitrogens with one attached hydrogen (secondary N) is 1. The highest BCUT2D eigenvalue weighted by atomic mass is 16.3. The Balaban J connectivity index is 2.18. The summed E-state index contributed by atoms with van der Waals surface area (Å²) in [6.45, 7) is 2.07. The first-order valence-corrected chi connectivity index (χ1v) is 4.34. The van der Waals surface area contributed by atoms with Gasteiger partial charge in [0.25, 0.3) is 0 Å². The number of piperidine rings is 1. The Hall–Kier alpha value is -0.120. The van der Waals surface area contributed by atoms with Gasteiger partial charge in [0.1, 0.15) is 0 Å². The lowest BCUT2D eigenvalue weighted by atomic mass is 9.92. The molecule has 1 aliphatic rings. The molecule has 66 valence electrons. The van der Waals surface area contributed by atoms with Crippen molar-refractivity contribution in [2.24, 2.45) is 5.92 Å². The van der Waals surface area contributed by atoms with Crippen LogP contribution in [0.25, 0.3) is 0 Å². The Kier molecular flexibility index (Phi) is 3.83. The summed E-state index contributed by atoms with van der Waals surface area (Å²) >= 11 is 0. The number of hydrogen-bond acceptors (Lipinski definition) is 3. The molecule has 0 aliphatic carbocycles. The van der Waals surface area contributed by atoms with Crippen molar-refractivity contribution >= 4 is 0 Å². The van der Waals surface area contributed by atoms with E-state index in [-0.39, 0.29) is 12.7 Å². The molecule has 0 bridgehead atoms. The summed E-state index contributed by atoms with van der Waals surface area (Å²) in [5, 5.41) is 21.3. The highest BCUT2D eigenvalue weighted by Gasteiger charge is 2.21. The molecule has 1 aliphatic heterocycles. The van der Waals surface area contributed by atoms with Crippen LogP contribution in [0.3, 0.4) is 0 Å². The van der Waals surface area contributed by atoms with Gasteiger partial charge in [0, 0.05) is 13.2 Å². The van der Waals surface area contributed by atoms with Crippen LogP contribution in [0.5, 0.6) is 0 Å². The van der Waals surface area contributed by atoms with Gasteiger partial charge in [-0.15, -0.1) is 0 Å². The van der Waals surface area contributed by atoms with E-state index in [1.165, 1.54) is 0 Å². The monoisotopic (exact) mass is 159 g/mol. The van der Waals surface area contributed by atoms with Crippen LogP contribution in [0.1, 0.15) is 19.3 Å². The van der Waals surface area contributed by atoms with Crippen LogP contribution in [0.15, 0.2) is 0 Å². The molecule has 0 radical (unpaired) electrons. The second kappa shape index (κ2) is 4.70. The Morgan fingerprint density at radius 1 is 1.45 bits per heavy atom.